The van der Waals surface area contributed by atoms with Crippen LogP contribution in [-0.2, 0) is 0 Å². The Morgan fingerprint density at radius 1 is 0.500 bits per heavy atom. The number of fused-ring (bicyclic) bond motifs is 6. The van der Waals surface area contributed by atoms with E-state index in [1.165, 1.54) is 77.1 Å². The van der Waals surface area contributed by atoms with Gasteiger partial charge in [0, 0.05) is 38.3 Å². The van der Waals surface area contributed by atoms with Crippen molar-refractivity contribution < 1.29 is 0 Å². The van der Waals surface area contributed by atoms with Crippen LogP contribution in [0.2, 0.25) is 0 Å². The quantitative estimate of drug-likeness (QED) is 0.181. The summed E-state index contributed by atoms with van der Waals surface area (Å²) < 4.78 is 5.16. The number of benzene rings is 5. The zero-order chi connectivity index (χ0) is 37.0. The van der Waals surface area contributed by atoms with Gasteiger partial charge in [-0.15, -0.1) is 0 Å². The van der Waals surface area contributed by atoms with Crippen LogP contribution in [0.5, 0.6) is 0 Å². The van der Waals surface area contributed by atoms with Gasteiger partial charge < -0.3 is 14.5 Å². The summed E-state index contributed by atoms with van der Waals surface area (Å²) in [6, 6.07) is 43.2. The maximum atomic E-state index is 4.08. The second-order valence-electron chi connectivity index (χ2n) is 15.9. The van der Waals surface area contributed by atoms with Gasteiger partial charge in [0.15, 0.2) is 0 Å². The van der Waals surface area contributed by atoms with Crippen LogP contribution < -0.4 is 5.32 Å². The molecule has 0 saturated heterocycles. The van der Waals surface area contributed by atoms with E-state index in [2.05, 4.69) is 197 Å². The fraction of sp³-hybridized carbons (Fsp3) is 0.170. The summed E-state index contributed by atoms with van der Waals surface area (Å²) in [5.41, 5.74) is 12.8. The molecule has 4 atom stereocenters. The molecule has 0 amide bonds. The summed E-state index contributed by atoms with van der Waals surface area (Å²) in [6.45, 7) is 0. The van der Waals surface area contributed by atoms with Crippen LogP contribution in [-0.4, -0.2) is 9.13 Å². The van der Waals surface area contributed by atoms with Gasteiger partial charge in [0.1, 0.15) is 6.17 Å². The molecule has 0 spiro atoms. The number of para-hydroxylation sites is 2. The van der Waals surface area contributed by atoms with Crippen LogP contribution in [0.15, 0.2) is 193 Å². The van der Waals surface area contributed by atoms with E-state index in [0.717, 1.165) is 32.1 Å². The second-order valence-corrected chi connectivity index (χ2v) is 15.9. The zero-order valence-electron chi connectivity index (χ0n) is 31.6. The van der Waals surface area contributed by atoms with E-state index >= 15 is 0 Å². The van der Waals surface area contributed by atoms with Crippen molar-refractivity contribution in [3.05, 3.63) is 199 Å². The minimum Gasteiger partial charge on any atom is -0.365 e. The fourth-order valence-corrected chi connectivity index (χ4v) is 9.91. The molecular formula is C53H45N3. The van der Waals surface area contributed by atoms with E-state index in [1.54, 1.807) is 0 Å². The normalized spacial score (nSPS) is 22.1. The highest BCUT2D eigenvalue weighted by Gasteiger charge is 2.31. The third kappa shape index (κ3) is 5.64. The van der Waals surface area contributed by atoms with Crippen molar-refractivity contribution in [3.8, 4) is 11.1 Å². The summed E-state index contributed by atoms with van der Waals surface area (Å²) in [4.78, 5) is 0. The molecule has 4 unspecified atom stereocenters. The second kappa shape index (κ2) is 13.8. The third-order valence-electron chi connectivity index (χ3n) is 12.6. The molecule has 56 heavy (non-hydrogen) atoms. The van der Waals surface area contributed by atoms with E-state index in [1.807, 2.05) is 0 Å². The smallest absolute Gasteiger partial charge is 0.104 e. The van der Waals surface area contributed by atoms with Gasteiger partial charge in [-0.05, 0) is 102 Å². The Balaban J connectivity index is 1.01. The molecule has 3 heteroatoms. The average Bonchev–Trinajstić information content (AvgIpc) is 3.79. The Bertz CT molecular complexity index is 2880. The number of allylic oxidation sites excluding steroid dienone is 12. The molecule has 3 heterocycles. The van der Waals surface area contributed by atoms with E-state index in [4.69, 9.17) is 0 Å². The molecule has 3 aliphatic carbocycles. The van der Waals surface area contributed by atoms with Crippen molar-refractivity contribution in [1.29, 1.82) is 0 Å². The van der Waals surface area contributed by atoms with Crippen LogP contribution in [0.3, 0.4) is 0 Å². The number of hydrogen-bond acceptors (Lipinski definition) is 1. The lowest BCUT2D eigenvalue weighted by Crippen LogP contribution is -2.34. The molecular weight excluding hydrogens is 679 g/mol. The van der Waals surface area contributed by atoms with Gasteiger partial charge in [-0.2, -0.15) is 0 Å². The fourth-order valence-electron chi connectivity index (χ4n) is 9.91. The summed E-state index contributed by atoms with van der Waals surface area (Å²) in [7, 11) is 0. The molecule has 7 aromatic rings. The van der Waals surface area contributed by atoms with Gasteiger partial charge >= 0.3 is 0 Å². The maximum absolute atomic E-state index is 4.08. The highest BCUT2D eigenvalue weighted by atomic mass is 15.2. The molecule has 2 aromatic heterocycles. The molecule has 3 nitrogen and oxygen atoms in total. The van der Waals surface area contributed by atoms with Gasteiger partial charge in [0.05, 0.1) is 17.1 Å². The highest BCUT2D eigenvalue weighted by Crippen LogP contribution is 2.42. The number of hydrogen-bond donors (Lipinski definition) is 1. The number of rotatable bonds is 6. The van der Waals surface area contributed by atoms with Crippen LogP contribution in [0.25, 0.3) is 60.3 Å². The van der Waals surface area contributed by atoms with Crippen LogP contribution in [0, 0.1) is 11.8 Å². The van der Waals surface area contributed by atoms with E-state index in [0.29, 0.717) is 11.8 Å². The Hall–Kier alpha value is -6.32. The molecule has 5 aromatic carbocycles. The van der Waals surface area contributed by atoms with Crippen molar-refractivity contribution in [2.45, 2.75) is 44.3 Å². The largest absolute Gasteiger partial charge is 0.365 e. The van der Waals surface area contributed by atoms with Gasteiger partial charge in [-0.3, -0.25) is 0 Å². The predicted molar refractivity (Wildman–Crippen MR) is 236 cm³/mol. The van der Waals surface area contributed by atoms with Crippen LogP contribution in [0.4, 0.5) is 0 Å². The van der Waals surface area contributed by atoms with Crippen molar-refractivity contribution >= 4 is 49.2 Å². The van der Waals surface area contributed by atoms with E-state index in [-0.39, 0.29) is 12.2 Å². The number of nitrogens with one attached hydrogen (secondary N) is 1. The molecule has 0 saturated carbocycles. The van der Waals surface area contributed by atoms with Gasteiger partial charge in [-0.25, -0.2) is 0 Å². The molecule has 1 aliphatic heterocycles. The highest BCUT2D eigenvalue weighted by molar-refractivity contribution is 6.11. The van der Waals surface area contributed by atoms with E-state index in [9.17, 15) is 0 Å². The average molecular weight is 724 g/mol. The first-order valence-electron chi connectivity index (χ1n) is 20.5. The molecule has 0 bridgehead atoms. The molecule has 0 radical (unpaired) electrons. The van der Waals surface area contributed by atoms with E-state index < -0.39 is 0 Å². The summed E-state index contributed by atoms with van der Waals surface area (Å²) in [5, 5.41) is 9.31. The van der Waals surface area contributed by atoms with Crippen molar-refractivity contribution in [3.63, 3.8) is 0 Å². The van der Waals surface area contributed by atoms with Crippen molar-refractivity contribution in [2.75, 3.05) is 0 Å². The topological polar surface area (TPSA) is 21.9 Å². The van der Waals surface area contributed by atoms with Gasteiger partial charge in [-0.1, -0.05) is 152 Å². The minimum absolute atomic E-state index is 0.119. The number of aromatic nitrogens is 2. The summed E-state index contributed by atoms with van der Waals surface area (Å²) >= 11 is 0. The standard InChI is InChI=1S/C53H45N3/c1-4-14-36(15-5-1)38-24-28-43(29-25-38)55-49-22-12-11-21-45(49)47-32-40(27-31-51(47)55)41-26-30-46-44-20-10-13-23-50(44)56(52(46)34-41)53-35-42(37-16-6-2-7-17-37)33-48(54-53)39-18-8-3-9-19-39/h1-2,4-8,10-16,18-28,30-34,37,42-43,53-54H,3,9,17,29,35H2. The molecule has 1 N–H and O–H groups in total. The Morgan fingerprint density at radius 2 is 1.25 bits per heavy atom. The SMILES string of the molecule is C1=CCC(C2C=C(C3=CCCC=C3)NC(n3c4ccccc4c4ccc(-c5ccc6c(c5)c5ccccc5n6C5C=CC(c6ccccc6)=CC5)cc43)C2)C=C1. The first-order chi connectivity index (χ1) is 27.8. The predicted octanol–water partition coefficient (Wildman–Crippen LogP) is 13.6. The Kier molecular flexibility index (Phi) is 8.12. The molecule has 0 fully saturated rings. The first-order valence-corrected chi connectivity index (χ1v) is 20.5. The Morgan fingerprint density at radius 3 is 2.04 bits per heavy atom. The Labute approximate surface area is 328 Å². The van der Waals surface area contributed by atoms with Crippen LogP contribution in [0.1, 0.15) is 49.9 Å². The molecule has 4 aliphatic rings. The van der Waals surface area contributed by atoms with Crippen LogP contribution >= 0.6 is 0 Å². The lowest BCUT2D eigenvalue weighted by Gasteiger charge is -2.36. The van der Waals surface area contributed by atoms with Crippen molar-refractivity contribution in [2.24, 2.45) is 11.8 Å². The minimum atomic E-state index is 0.119. The third-order valence-corrected chi connectivity index (χ3v) is 12.6. The monoisotopic (exact) mass is 723 g/mol. The summed E-state index contributed by atoms with van der Waals surface area (Å²) in [6.07, 6.45) is 31.3. The lowest BCUT2D eigenvalue weighted by molar-refractivity contribution is 0.311. The van der Waals surface area contributed by atoms with Gasteiger partial charge in [0.2, 0.25) is 0 Å². The number of nitrogens with zero attached hydrogens (tertiary/aromatic N) is 2. The lowest BCUT2D eigenvalue weighted by atomic mass is 9.81. The zero-order valence-corrected chi connectivity index (χ0v) is 31.6. The van der Waals surface area contributed by atoms with Crippen molar-refractivity contribution in [1.82, 2.24) is 14.5 Å². The first kappa shape index (κ1) is 33.1. The molecule has 11 rings (SSSR count). The summed E-state index contributed by atoms with van der Waals surface area (Å²) in [5.74, 6) is 0.934. The molecule has 272 valence electrons. The maximum Gasteiger partial charge on any atom is 0.104 e. The van der Waals surface area contributed by atoms with Gasteiger partial charge in [0.25, 0.3) is 0 Å².